The van der Waals surface area contributed by atoms with Crippen molar-refractivity contribution in [3.05, 3.63) is 65.2 Å². The molecule has 0 radical (unpaired) electrons. The number of aliphatic carboxylic acids is 3. The molecule has 0 bridgehead atoms. The normalized spacial score (nSPS) is 16.3. The highest BCUT2D eigenvalue weighted by Gasteiger charge is 2.39. The van der Waals surface area contributed by atoms with Gasteiger partial charge in [-0.05, 0) is 68.0 Å². The molecule has 270 valence electrons. The van der Waals surface area contributed by atoms with E-state index in [1.165, 1.54) is 0 Å². The predicted octanol–water partition coefficient (Wildman–Crippen LogP) is 3.91. The van der Waals surface area contributed by atoms with E-state index in [-0.39, 0.29) is 18.2 Å². The third kappa shape index (κ3) is 14.4. The lowest BCUT2D eigenvalue weighted by atomic mass is 9.95. The van der Waals surface area contributed by atoms with Crippen molar-refractivity contribution in [3.63, 3.8) is 0 Å². The Hall–Kier alpha value is -4.87. The molecule has 12 nitrogen and oxygen atoms in total. The van der Waals surface area contributed by atoms with E-state index in [1.54, 1.807) is 17.0 Å². The average molecular weight is 707 g/mol. The number of carbonyl (C=O) groups excluding carboxylic acids is 2. The maximum Gasteiger partial charge on any atom is 0.490 e. The Balaban J connectivity index is 0.000000500. The summed E-state index contributed by atoms with van der Waals surface area (Å²) in [4.78, 5) is 56.9. The van der Waals surface area contributed by atoms with Gasteiger partial charge in [0.1, 0.15) is 6.04 Å². The lowest BCUT2D eigenvalue weighted by molar-refractivity contribution is -0.193. The second-order valence-electron chi connectivity index (χ2n) is 11.0. The number of halogens is 6. The molecule has 1 saturated heterocycles. The van der Waals surface area contributed by atoms with Crippen LogP contribution >= 0.6 is 0 Å². The molecule has 0 aliphatic carbocycles. The Labute approximate surface area is 276 Å². The fraction of sp³-hybridized carbons (Fsp3) is 0.452. The Morgan fingerprint density at radius 3 is 1.98 bits per heavy atom. The minimum atomic E-state index is -5.08. The molecule has 2 amide bonds. The van der Waals surface area contributed by atoms with Gasteiger partial charge < -0.3 is 36.2 Å². The zero-order valence-corrected chi connectivity index (χ0v) is 25.9. The zero-order valence-electron chi connectivity index (χ0n) is 25.9. The predicted molar refractivity (Wildman–Crippen MR) is 162 cm³/mol. The van der Waals surface area contributed by atoms with E-state index in [1.807, 2.05) is 36.4 Å². The van der Waals surface area contributed by atoms with Crippen LogP contribution in [0.5, 0.6) is 0 Å². The van der Waals surface area contributed by atoms with Crippen LogP contribution in [0.3, 0.4) is 0 Å². The molecule has 1 atom stereocenters. The summed E-state index contributed by atoms with van der Waals surface area (Å²) in [7, 11) is 0. The molecule has 2 aliphatic heterocycles. The van der Waals surface area contributed by atoms with Gasteiger partial charge in [-0.2, -0.15) is 26.3 Å². The van der Waals surface area contributed by atoms with Crippen molar-refractivity contribution in [2.24, 2.45) is 5.92 Å². The Bertz CT molecular complexity index is 1410. The summed E-state index contributed by atoms with van der Waals surface area (Å²) in [5.41, 5.74) is 3.12. The van der Waals surface area contributed by atoms with Crippen LogP contribution in [-0.2, 0) is 32.1 Å². The Morgan fingerprint density at radius 1 is 0.878 bits per heavy atom. The number of carbonyl (C=O) groups is 5. The average Bonchev–Trinajstić information content (AvgIpc) is 3.15. The monoisotopic (exact) mass is 706 g/mol. The van der Waals surface area contributed by atoms with Crippen LogP contribution in [-0.4, -0.2) is 94.5 Å². The van der Waals surface area contributed by atoms with E-state index in [4.69, 9.17) is 19.8 Å². The highest BCUT2D eigenvalue weighted by molar-refractivity contribution is 5.96. The summed E-state index contributed by atoms with van der Waals surface area (Å²) in [6.45, 7) is 3.55. The van der Waals surface area contributed by atoms with Gasteiger partial charge in [-0.25, -0.2) is 9.59 Å². The van der Waals surface area contributed by atoms with Gasteiger partial charge in [0, 0.05) is 30.9 Å². The summed E-state index contributed by atoms with van der Waals surface area (Å²) in [6.07, 6.45) is -6.58. The maximum atomic E-state index is 13.2. The number of rotatable bonds is 9. The number of hydrogen-bond acceptors (Lipinski definition) is 7. The Kier molecular flexibility index (Phi) is 15.3. The Morgan fingerprint density at radius 2 is 1.45 bits per heavy atom. The molecule has 2 aliphatic rings. The molecule has 6 N–H and O–H groups in total. The smallest absolute Gasteiger partial charge is 0.481 e. The molecular formula is C31H36F6N4O8. The van der Waals surface area contributed by atoms with Gasteiger partial charge in [0.05, 0.1) is 6.42 Å². The highest BCUT2D eigenvalue weighted by atomic mass is 19.4. The van der Waals surface area contributed by atoms with Gasteiger partial charge >= 0.3 is 30.3 Å². The number of alkyl halides is 6. The van der Waals surface area contributed by atoms with Crippen LogP contribution in [0.15, 0.2) is 48.5 Å². The third-order valence-electron chi connectivity index (χ3n) is 7.35. The van der Waals surface area contributed by atoms with Crippen molar-refractivity contribution < 1.29 is 65.6 Å². The molecule has 0 aromatic heterocycles. The van der Waals surface area contributed by atoms with Crippen LogP contribution in [0.2, 0.25) is 0 Å². The van der Waals surface area contributed by atoms with Crippen molar-refractivity contribution in [1.29, 1.82) is 0 Å². The number of nitrogens with one attached hydrogen (secondary N) is 3. The number of fused-ring (bicyclic) bond motifs is 1. The number of piperidine rings is 1. The molecule has 1 fully saturated rings. The van der Waals surface area contributed by atoms with Gasteiger partial charge in [-0.15, -0.1) is 0 Å². The van der Waals surface area contributed by atoms with Gasteiger partial charge in [-0.3, -0.25) is 14.4 Å². The first kappa shape index (κ1) is 40.3. The molecule has 0 saturated carbocycles. The second kappa shape index (κ2) is 18.6. The van der Waals surface area contributed by atoms with Gasteiger partial charge in [0.15, 0.2) is 0 Å². The fourth-order valence-corrected chi connectivity index (χ4v) is 4.82. The van der Waals surface area contributed by atoms with E-state index in [9.17, 15) is 45.8 Å². The molecule has 4 rings (SSSR count). The number of anilines is 1. The minimum Gasteiger partial charge on any atom is -0.481 e. The van der Waals surface area contributed by atoms with Crippen molar-refractivity contribution >= 4 is 35.4 Å². The second-order valence-corrected chi connectivity index (χ2v) is 11.0. The molecule has 0 unspecified atom stereocenters. The van der Waals surface area contributed by atoms with Crippen LogP contribution in [0, 0.1) is 5.92 Å². The zero-order chi connectivity index (χ0) is 36.8. The van der Waals surface area contributed by atoms with Crippen LogP contribution in [0.1, 0.15) is 47.2 Å². The van der Waals surface area contributed by atoms with E-state index in [0.717, 1.165) is 43.5 Å². The summed E-state index contributed by atoms with van der Waals surface area (Å²) in [5.74, 6) is -6.33. The van der Waals surface area contributed by atoms with Crippen LogP contribution in [0.25, 0.3) is 0 Å². The fourth-order valence-electron chi connectivity index (χ4n) is 4.82. The number of carboxylic acid groups (broad SMARTS) is 3. The van der Waals surface area contributed by atoms with E-state index >= 15 is 0 Å². The number of carboxylic acids is 3. The van der Waals surface area contributed by atoms with Gasteiger partial charge in [-0.1, -0.05) is 36.4 Å². The molecule has 49 heavy (non-hydrogen) atoms. The third-order valence-corrected chi connectivity index (χ3v) is 7.35. The SMILES string of the molecule is O=C(O)C(F)(F)F.O=C(O)C(F)(F)F.O=C(O)C[C@H]1Nc2cc(C(=O)NCCC3CCNCC3)ccc2CN(CCc2ccccc2)C1=O. The first-order valence-electron chi connectivity index (χ1n) is 14.9. The highest BCUT2D eigenvalue weighted by Crippen LogP contribution is 2.26. The number of hydrogen-bond donors (Lipinski definition) is 6. The number of nitrogens with zero attached hydrogens (tertiary/aromatic N) is 1. The standard InChI is InChI=1S/C27H34N4O4.2C2HF3O2/c32-25(33)17-24-27(35)31(15-11-19-4-2-1-3-5-19)18-22-7-6-21(16-23(22)30-24)26(34)29-14-10-20-8-12-28-13-9-20;2*3-2(4,5)1(6)7/h1-7,16,20,24,28,30H,8-15,17-18H2,(H,29,34)(H,32,33);2*(H,6,7)/t24-;;/m1../s1. The van der Waals surface area contributed by atoms with Gasteiger partial charge in [0.2, 0.25) is 5.91 Å². The first-order valence-corrected chi connectivity index (χ1v) is 14.9. The summed E-state index contributed by atoms with van der Waals surface area (Å²) in [6, 6.07) is 14.4. The largest absolute Gasteiger partial charge is 0.490 e. The van der Waals surface area contributed by atoms with E-state index in [2.05, 4.69) is 16.0 Å². The summed E-state index contributed by atoms with van der Waals surface area (Å²) >= 11 is 0. The maximum absolute atomic E-state index is 13.2. The molecule has 18 heteroatoms. The van der Waals surface area contributed by atoms with Crippen molar-refractivity contribution in [2.45, 2.75) is 57.0 Å². The minimum absolute atomic E-state index is 0.158. The molecule has 2 heterocycles. The van der Waals surface area contributed by atoms with Crippen molar-refractivity contribution in [3.8, 4) is 0 Å². The lowest BCUT2D eigenvalue weighted by Gasteiger charge is -2.24. The summed E-state index contributed by atoms with van der Waals surface area (Å²) in [5, 5.41) is 33.1. The van der Waals surface area contributed by atoms with Gasteiger partial charge in [0.25, 0.3) is 5.91 Å². The first-order chi connectivity index (χ1) is 22.9. The van der Waals surface area contributed by atoms with Crippen molar-refractivity contribution in [1.82, 2.24) is 15.5 Å². The lowest BCUT2D eigenvalue weighted by Crippen LogP contribution is -2.42. The van der Waals surface area contributed by atoms with Crippen LogP contribution < -0.4 is 16.0 Å². The van der Waals surface area contributed by atoms with E-state index < -0.39 is 36.3 Å². The quantitative estimate of drug-likeness (QED) is 0.209. The number of benzene rings is 2. The van der Waals surface area contributed by atoms with Crippen molar-refractivity contribution in [2.75, 3.05) is 31.5 Å². The van der Waals surface area contributed by atoms with Crippen LogP contribution in [0.4, 0.5) is 32.0 Å². The molecule has 2 aromatic carbocycles. The van der Waals surface area contributed by atoms with E-state index in [0.29, 0.717) is 43.2 Å². The number of amides is 2. The topological polar surface area (TPSA) is 185 Å². The molecule has 2 aromatic rings. The summed E-state index contributed by atoms with van der Waals surface area (Å²) < 4.78 is 63.5. The molecule has 0 spiro atoms. The molecular weight excluding hydrogens is 670 g/mol.